The van der Waals surface area contributed by atoms with Crippen LogP contribution in [-0.4, -0.2) is 64.2 Å². The lowest BCUT2D eigenvalue weighted by Gasteiger charge is -2.38. The summed E-state index contributed by atoms with van der Waals surface area (Å²) in [4.78, 5) is 38.3. The molecule has 2 aliphatic rings. The zero-order valence-corrected chi connectivity index (χ0v) is 22.0. The molecule has 1 fully saturated rings. The number of piperazine rings is 1. The minimum Gasteiger partial charge on any atom is -0.449 e. The number of nitrogens with zero attached hydrogens (tertiary/aromatic N) is 4. The van der Waals surface area contributed by atoms with Gasteiger partial charge in [-0.05, 0) is 68.0 Å². The van der Waals surface area contributed by atoms with Gasteiger partial charge in [-0.3, -0.25) is 19.7 Å². The van der Waals surface area contributed by atoms with Gasteiger partial charge >= 0.3 is 6.09 Å². The number of pyridine rings is 2. The van der Waals surface area contributed by atoms with E-state index in [2.05, 4.69) is 18.0 Å². The van der Waals surface area contributed by atoms with E-state index < -0.39 is 12.3 Å². The minimum absolute atomic E-state index is 0.142. The lowest BCUT2D eigenvalue weighted by Crippen LogP contribution is -2.60. The van der Waals surface area contributed by atoms with Crippen molar-refractivity contribution in [3.63, 3.8) is 0 Å². The summed E-state index contributed by atoms with van der Waals surface area (Å²) in [5.74, 6) is 0.149. The smallest absolute Gasteiger partial charge is 0.411 e. The normalized spacial score (nSPS) is 19.6. The van der Waals surface area contributed by atoms with Gasteiger partial charge in [0.05, 0.1) is 23.7 Å². The lowest BCUT2D eigenvalue weighted by atomic mass is 9.83. The SMILES string of the molecule is CCCOC(=O)N1CCN(C(=O)c2ccc3c(Cl)c4c(nc3c2)CC(c2cc(C)ccn2)CC4)C[C@H]1N. The molecule has 0 spiro atoms. The van der Waals surface area contributed by atoms with Crippen molar-refractivity contribution in [3.8, 4) is 0 Å². The number of ether oxygens (including phenoxy) is 1. The van der Waals surface area contributed by atoms with Crippen molar-refractivity contribution in [3.05, 3.63) is 69.6 Å². The summed E-state index contributed by atoms with van der Waals surface area (Å²) in [6.07, 6.45) is 4.14. The van der Waals surface area contributed by atoms with E-state index >= 15 is 0 Å². The number of rotatable bonds is 4. The Kier molecular flexibility index (Phi) is 7.31. The van der Waals surface area contributed by atoms with Crippen LogP contribution in [0.2, 0.25) is 5.02 Å². The highest BCUT2D eigenvalue weighted by Gasteiger charge is 2.32. The molecule has 1 aromatic carbocycles. The van der Waals surface area contributed by atoms with Crippen LogP contribution in [0.3, 0.4) is 0 Å². The van der Waals surface area contributed by atoms with E-state index in [1.165, 1.54) is 10.5 Å². The van der Waals surface area contributed by atoms with Gasteiger partial charge < -0.3 is 15.4 Å². The molecule has 3 heterocycles. The van der Waals surface area contributed by atoms with Crippen molar-refractivity contribution in [2.75, 3.05) is 26.2 Å². The summed E-state index contributed by atoms with van der Waals surface area (Å²) in [5.41, 5.74) is 11.8. The lowest BCUT2D eigenvalue weighted by molar-refractivity contribution is 0.0390. The van der Waals surface area contributed by atoms with E-state index in [-0.39, 0.29) is 12.5 Å². The highest BCUT2D eigenvalue weighted by atomic mass is 35.5. The predicted molar refractivity (Wildman–Crippen MR) is 143 cm³/mol. The van der Waals surface area contributed by atoms with E-state index in [0.29, 0.717) is 36.7 Å². The predicted octanol–water partition coefficient (Wildman–Crippen LogP) is 4.45. The van der Waals surface area contributed by atoms with Gasteiger partial charge in [0.25, 0.3) is 5.91 Å². The quantitative estimate of drug-likeness (QED) is 0.544. The third-order valence-electron chi connectivity index (χ3n) is 7.26. The molecule has 5 rings (SSSR count). The van der Waals surface area contributed by atoms with Gasteiger partial charge in [0.2, 0.25) is 0 Å². The third-order valence-corrected chi connectivity index (χ3v) is 7.69. The van der Waals surface area contributed by atoms with Crippen LogP contribution in [0.5, 0.6) is 0 Å². The van der Waals surface area contributed by atoms with Crippen molar-refractivity contribution in [1.29, 1.82) is 0 Å². The second kappa shape index (κ2) is 10.6. The van der Waals surface area contributed by atoms with Gasteiger partial charge in [-0.1, -0.05) is 24.6 Å². The molecule has 3 aromatic rings. The van der Waals surface area contributed by atoms with Crippen LogP contribution < -0.4 is 5.73 Å². The molecule has 1 saturated heterocycles. The first-order valence-corrected chi connectivity index (χ1v) is 13.2. The molecule has 9 heteroatoms. The molecule has 0 radical (unpaired) electrons. The van der Waals surface area contributed by atoms with E-state index in [1.807, 2.05) is 31.3 Å². The maximum atomic E-state index is 13.3. The summed E-state index contributed by atoms with van der Waals surface area (Å²) < 4.78 is 5.21. The highest BCUT2D eigenvalue weighted by Crippen LogP contribution is 2.38. The van der Waals surface area contributed by atoms with Crippen LogP contribution in [0.15, 0.2) is 36.5 Å². The van der Waals surface area contributed by atoms with Gasteiger partial charge in [-0.15, -0.1) is 0 Å². The molecule has 1 aliphatic carbocycles. The number of hydrogen-bond donors (Lipinski definition) is 1. The number of carbonyl (C=O) groups excluding carboxylic acids is 2. The van der Waals surface area contributed by atoms with E-state index in [9.17, 15) is 9.59 Å². The Labute approximate surface area is 221 Å². The number of hydrogen-bond acceptors (Lipinski definition) is 6. The molecule has 2 atom stereocenters. The molecule has 2 amide bonds. The number of aryl methyl sites for hydroxylation is 1. The molecule has 8 nitrogen and oxygen atoms in total. The van der Waals surface area contributed by atoms with Crippen molar-refractivity contribution in [1.82, 2.24) is 19.8 Å². The van der Waals surface area contributed by atoms with Crippen molar-refractivity contribution in [2.24, 2.45) is 5.73 Å². The molecular formula is C28H32ClN5O3. The number of fused-ring (bicyclic) bond motifs is 2. The molecular weight excluding hydrogens is 490 g/mol. The molecule has 1 aliphatic heterocycles. The largest absolute Gasteiger partial charge is 0.449 e. The first-order chi connectivity index (χ1) is 17.9. The van der Waals surface area contributed by atoms with Gasteiger partial charge in [0, 0.05) is 47.5 Å². The summed E-state index contributed by atoms with van der Waals surface area (Å²) in [6.45, 7) is 5.31. The average molecular weight is 522 g/mol. The van der Waals surface area contributed by atoms with Crippen molar-refractivity contribution in [2.45, 2.75) is 51.6 Å². The third kappa shape index (κ3) is 5.13. The number of nitrogens with two attached hydrogens (primary N) is 1. The van der Waals surface area contributed by atoms with Crippen molar-refractivity contribution >= 4 is 34.5 Å². The second-order valence-corrected chi connectivity index (χ2v) is 10.3. The van der Waals surface area contributed by atoms with Gasteiger partial charge in [-0.2, -0.15) is 0 Å². The Morgan fingerprint density at radius 2 is 2.05 bits per heavy atom. The second-order valence-electron chi connectivity index (χ2n) is 9.91. The van der Waals surface area contributed by atoms with E-state index in [0.717, 1.165) is 53.0 Å². The molecule has 37 heavy (non-hydrogen) atoms. The van der Waals surface area contributed by atoms with Gasteiger partial charge in [0.1, 0.15) is 6.17 Å². The van der Waals surface area contributed by atoms with Crippen molar-refractivity contribution < 1.29 is 14.3 Å². The fraction of sp³-hybridized carbons (Fsp3) is 0.429. The zero-order valence-electron chi connectivity index (χ0n) is 21.2. The highest BCUT2D eigenvalue weighted by molar-refractivity contribution is 6.36. The summed E-state index contributed by atoms with van der Waals surface area (Å²) >= 11 is 6.84. The molecule has 2 N–H and O–H groups in total. The van der Waals surface area contributed by atoms with Crippen LogP contribution in [0.25, 0.3) is 10.9 Å². The number of halogens is 1. The fourth-order valence-electron chi connectivity index (χ4n) is 5.23. The number of carbonyl (C=O) groups is 2. The molecule has 194 valence electrons. The Morgan fingerprint density at radius 1 is 1.22 bits per heavy atom. The first-order valence-electron chi connectivity index (χ1n) is 12.9. The van der Waals surface area contributed by atoms with Crippen LogP contribution in [0.4, 0.5) is 4.79 Å². The van der Waals surface area contributed by atoms with Crippen LogP contribution in [-0.2, 0) is 17.6 Å². The monoisotopic (exact) mass is 521 g/mol. The number of benzene rings is 1. The van der Waals surface area contributed by atoms with Crippen LogP contribution >= 0.6 is 11.6 Å². The maximum Gasteiger partial charge on any atom is 0.411 e. The molecule has 2 aromatic heterocycles. The molecule has 0 bridgehead atoms. The van der Waals surface area contributed by atoms with E-state index in [4.69, 9.17) is 27.1 Å². The topological polar surface area (TPSA) is 102 Å². The van der Waals surface area contributed by atoms with Gasteiger partial charge in [0.15, 0.2) is 0 Å². The number of aromatic nitrogens is 2. The first kappa shape index (κ1) is 25.4. The van der Waals surface area contributed by atoms with Crippen LogP contribution in [0, 0.1) is 6.92 Å². The summed E-state index contributed by atoms with van der Waals surface area (Å²) in [6, 6.07) is 9.63. The Hall–Kier alpha value is -3.23. The Morgan fingerprint density at radius 3 is 2.81 bits per heavy atom. The van der Waals surface area contributed by atoms with E-state index in [1.54, 1.807) is 11.0 Å². The maximum absolute atomic E-state index is 13.3. The standard InChI is InChI=1S/C28H32ClN5O3/c1-3-12-37-28(36)34-11-10-33(16-25(34)30)27(35)19-5-7-21-24(15-19)32-23-14-18(4-6-20(23)26(21)29)22-13-17(2)8-9-31-22/h5,7-9,13,15,18,25H,3-4,6,10-12,14,16,30H2,1-2H3/t18?,25-/m0/s1. The fourth-order valence-corrected chi connectivity index (χ4v) is 5.60. The molecule has 1 unspecified atom stereocenters. The molecule has 0 saturated carbocycles. The average Bonchev–Trinajstić information content (AvgIpc) is 2.90. The minimum atomic E-state index is -0.616. The van der Waals surface area contributed by atoms with Crippen LogP contribution in [0.1, 0.15) is 58.6 Å². The Bertz CT molecular complexity index is 1350. The zero-order chi connectivity index (χ0) is 26.1. The Balaban J connectivity index is 1.35. The summed E-state index contributed by atoms with van der Waals surface area (Å²) in [5, 5.41) is 1.57. The number of amides is 2. The van der Waals surface area contributed by atoms with Gasteiger partial charge in [-0.25, -0.2) is 4.79 Å². The summed E-state index contributed by atoms with van der Waals surface area (Å²) in [7, 11) is 0.